The van der Waals surface area contributed by atoms with E-state index in [1.165, 1.54) is 42.8 Å². The zero-order valence-electron chi connectivity index (χ0n) is 56.6. The number of hydrogen-bond donors (Lipinski definition) is 2. The summed E-state index contributed by atoms with van der Waals surface area (Å²) >= 11 is 0. The van der Waals surface area contributed by atoms with Gasteiger partial charge in [-0.3, -0.25) is 19.2 Å². The summed E-state index contributed by atoms with van der Waals surface area (Å²) < 4.78 is 421. The van der Waals surface area contributed by atoms with Crippen LogP contribution in [-0.2, 0) is 4.65 Å². The maximum atomic E-state index is 15.2. The first-order chi connectivity index (χ1) is 53.5. The number of aromatic carboxylic acids is 1. The normalized spacial score (nSPS) is 16.4. The lowest BCUT2D eigenvalue weighted by atomic mass is 9.85. The Morgan fingerprint density at radius 1 is 0.509 bits per heavy atom. The lowest BCUT2D eigenvalue weighted by Crippen LogP contribution is -2.32. The monoisotopic (exact) mass is 1780 g/mol. The number of nitrogens with zero attached hydrogens (tertiary/aromatic N) is 4. The fourth-order valence-corrected chi connectivity index (χ4v) is 10.7. The van der Waals surface area contributed by atoms with Crippen molar-refractivity contribution >= 4 is 46.9 Å². The highest BCUT2D eigenvalue weighted by atomic mass is 20.0. The van der Waals surface area contributed by atoms with E-state index in [-0.39, 0.29) is 46.0 Å². The largest absolute Gasteiger partial charge is 0.798 e. The maximum Gasteiger partial charge on any atom is 0.798 e. The van der Waals surface area contributed by atoms with Gasteiger partial charge in [0.2, 0.25) is 10.9 Å². The molecule has 2 aromatic heterocycles. The molecule has 2 saturated carbocycles. The van der Waals surface area contributed by atoms with Crippen molar-refractivity contribution in [3.63, 3.8) is 0 Å². The fourth-order valence-electron chi connectivity index (χ4n) is 10.7. The molecule has 5 aromatic rings. The van der Waals surface area contributed by atoms with Crippen LogP contribution in [0.2, 0.25) is 0 Å². The average molecular weight is 1780 g/mol. The minimum atomic E-state index is -3.46. The highest BCUT2D eigenvalue weighted by Crippen LogP contribution is 2.44. The second kappa shape index (κ2) is 91.3. The van der Waals surface area contributed by atoms with Crippen LogP contribution < -0.4 is 21.5 Å². The molecular formula is C52H62BF48N5O6. The van der Waals surface area contributed by atoms with Crippen molar-refractivity contribution in [3.8, 4) is 0 Å². The van der Waals surface area contributed by atoms with Gasteiger partial charge in [0, 0.05) is 263 Å². The summed E-state index contributed by atoms with van der Waals surface area (Å²) in [7, 11) is -3.46. The second-order valence-corrected chi connectivity index (χ2v) is 20.2. The first-order valence-corrected chi connectivity index (χ1v) is 27.0. The fraction of sp³-hybridized carbons (Fsp3) is 0.500. The van der Waals surface area contributed by atoms with Gasteiger partial charge in [-0.25, -0.2) is 40.2 Å². The zero-order chi connectivity index (χ0) is 92.1. The lowest BCUT2D eigenvalue weighted by molar-refractivity contribution is 0.0682. The van der Waals surface area contributed by atoms with E-state index >= 15 is 4.39 Å². The molecule has 4 heterocycles. The van der Waals surface area contributed by atoms with Gasteiger partial charge >= 0.3 is 19.4 Å². The highest BCUT2D eigenvalue weighted by Gasteiger charge is 2.43. The third-order valence-corrected chi connectivity index (χ3v) is 15.0. The number of fused-ring (bicyclic) bond motifs is 2. The Morgan fingerprint density at radius 2 is 0.839 bits per heavy atom. The minimum Gasteiger partial charge on any atom is -0.477 e. The molecule has 670 valence electrons. The quantitative estimate of drug-likeness (QED) is 0.0977. The molecule has 112 heavy (non-hydrogen) atoms. The van der Waals surface area contributed by atoms with Gasteiger partial charge in [0.25, 0.3) is 0 Å². The Morgan fingerprint density at radius 3 is 1.14 bits per heavy atom. The van der Waals surface area contributed by atoms with Crippen molar-refractivity contribution < 1.29 is 238 Å². The number of anilines is 1. The van der Waals surface area contributed by atoms with Gasteiger partial charge in [-0.1, -0.05) is 71.4 Å². The van der Waals surface area contributed by atoms with E-state index in [1.54, 1.807) is 6.92 Å². The van der Waals surface area contributed by atoms with E-state index in [2.05, 4.69) is 81.4 Å². The number of carboxylic acid groups (broad SMARTS) is 1. The number of nitrogens with two attached hydrogens (primary N) is 1. The molecule has 2 aliphatic heterocycles. The molecule has 0 unspecified atom stereocenters. The van der Waals surface area contributed by atoms with Crippen LogP contribution in [0.4, 0.5) is 224 Å². The SMILES string of the molecule is CC[C@@H]1CN([C@H](C)c2ccccc2)C[C@@H]1C(C)C.Cc1c(F)c(F)cc2c(=O)c(C(=O)OB(F)F)cn([C@@H]3C[C@@H]3F)c12.Cc1c(N2C[C@@H](N)[C@@H](C(C)C)C2)c(F)cc2c(=O)c(C(=O)O)cn([C@@H]3C[C@@H]3F)c12.F.FF.FF.FF.FF.FF.FF.FF.FF.FF.FF.FF.FF.FF.FF.FF.FF.FF.FF.FF.FF. The topological polar surface area (TPSA) is 140 Å². The summed E-state index contributed by atoms with van der Waals surface area (Å²) in [4.78, 5) is 52.7. The van der Waals surface area contributed by atoms with Crippen molar-refractivity contribution in [1.29, 1.82) is 0 Å². The van der Waals surface area contributed by atoms with E-state index in [0.717, 1.165) is 34.6 Å². The average Bonchev–Trinajstić information content (AvgIpc) is 1.45. The van der Waals surface area contributed by atoms with E-state index in [0.29, 0.717) is 47.9 Å². The Balaban J connectivity index is -0.0000000795. The van der Waals surface area contributed by atoms with Crippen LogP contribution in [0, 0.1) is 60.9 Å². The third-order valence-electron chi connectivity index (χ3n) is 15.0. The van der Waals surface area contributed by atoms with Crippen LogP contribution in [0.25, 0.3) is 21.8 Å². The van der Waals surface area contributed by atoms with Crippen molar-refractivity contribution in [2.75, 3.05) is 31.1 Å². The summed E-state index contributed by atoms with van der Waals surface area (Å²) in [5, 5.41) is 8.93. The highest BCUT2D eigenvalue weighted by molar-refractivity contribution is 6.38. The van der Waals surface area contributed by atoms with Crippen LogP contribution in [0.15, 0.2) is 64.4 Å². The van der Waals surface area contributed by atoms with Crippen molar-refractivity contribution in [1.82, 2.24) is 14.0 Å². The van der Waals surface area contributed by atoms with Gasteiger partial charge in [0.15, 0.2) is 11.6 Å². The molecule has 0 amide bonds. The molecule has 0 radical (unpaired) electrons. The first-order valence-electron chi connectivity index (χ1n) is 27.0. The molecule has 60 heteroatoms. The number of halogens is 48. The Kier molecular flexibility index (Phi) is 113. The number of carbonyl (C=O) groups is 2. The number of hydrogen-bond acceptors (Lipinski definition) is 8. The first kappa shape index (κ1) is 139. The third kappa shape index (κ3) is 45.8. The van der Waals surface area contributed by atoms with Gasteiger partial charge < -0.3 is 29.5 Å². The smallest absolute Gasteiger partial charge is 0.477 e. The van der Waals surface area contributed by atoms with E-state index < -0.39 is 88.7 Å². The molecule has 0 bridgehead atoms. The predicted octanol–water partition coefficient (Wildman–Crippen LogP) is 27.1. The molecule has 9 rings (SSSR count). The second-order valence-electron chi connectivity index (χ2n) is 20.2. The van der Waals surface area contributed by atoms with Crippen molar-refractivity contribution in [2.45, 2.75) is 111 Å². The summed E-state index contributed by atoms with van der Waals surface area (Å²) in [6.45, 7) is 20.1. The Bertz CT molecular complexity index is 3010. The van der Waals surface area contributed by atoms with Crippen LogP contribution in [-0.4, -0.2) is 83.1 Å². The zero-order valence-corrected chi connectivity index (χ0v) is 56.6. The number of aryl methyl sites for hydroxylation is 2. The number of benzene rings is 3. The lowest BCUT2D eigenvalue weighted by Gasteiger charge is -2.25. The van der Waals surface area contributed by atoms with E-state index in [9.17, 15) is 50.5 Å². The molecule has 11 nitrogen and oxygen atoms in total. The molecule has 4 fully saturated rings. The van der Waals surface area contributed by atoms with Crippen molar-refractivity contribution in [2.24, 2.45) is 35.3 Å². The maximum absolute atomic E-state index is 15.2. The van der Waals surface area contributed by atoms with Gasteiger partial charge in [-0.2, -0.15) is 0 Å². The van der Waals surface area contributed by atoms with Gasteiger partial charge in [0.1, 0.15) is 29.3 Å². The van der Waals surface area contributed by atoms with E-state index in [1.807, 2.05) is 4.90 Å². The number of likely N-dealkylation sites (tertiary alicyclic amines) is 1. The van der Waals surface area contributed by atoms with E-state index in [4.69, 9.17) is 189 Å². The summed E-state index contributed by atoms with van der Waals surface area (Å²) in [6, 6.07) is 11.7. The molecule has 4 aliphatic rings. The molecular weight excluding hydrogens is 1710 g/mol. The summed E-state index contributed by atoms with van der Waals surface area (Å²) in [5.74, 6) is -3.05. The molecule has 2 aliphatic carbocycles. The van der Waals surface area contributed by atoms with Crippen LogP contribution in [0.5, 0.6) is 0 Å². The van der Waals surface area contributed by atoms with Crippen LogP contribution in [0.1, 0.15) is 116 Å². The molecule has 3 aromatic carbocycles. The number of rotatable bonds is 11. The number of carbonyl (C=O) groups excluding carboxylic acids is 1. The van der Waals surface area contributed by atoms with Gasteiger partial charge in [0.05, 0.1) is 28.8 Å². The predicted molar refractivity (Wildman–Crippen MR) is 307 cm³/mol. The molecule has 3 N–H and O–H groups in total. The summed E-state index contributed by atoms with van der Waals surface area (Å²) in [5.41, 5.74) is 5.52. The molecule has 0 spiro atoms. The Labute approximate surface area is 596 Å². The minimum absolute atomic E-state index is 0. The Hall–Kier alpha value is -8.56. The number of carboxylic acids is 1. The number of pyridine rings is 2. The van der Waals surface area contributed by atoms with Gasteiger partial charge in [-0.05, 0) is 73.6 Å². The van der Waals surface area contributed by atoms with Crippen LogP contribution in [0.3, 0.4) is 0 Å². The van der Waals surface area contributed by atoms with Gasteiger partial charge in [-0.15, -0.1) is 0 Å². The summed E-state index contributed by atoms with van der Waals surface area (Å²) in [6.07, 6.45) is 1.24. The number of alkyl halides is 2. The van der Waals surface area contributed by atoms with Crippen molar-refractivity contribution in [3.05, 3.63) is 121 Å². The van der Waals surface area contributed by atoms with Crippen LogP contribution >= 0.6 is 0 Å². The molecule has 2 saturated heterocycles. The number of aromatic nitrogens is 2. The standard InChI is InChI=1S/C21H25F2N3O3.C17H27N.C14H9BF5NO3.20F2.FH/c1-9(2)12-6-25(8-16(12)24)19-10(3)18-11(4-15(19)23)20(27)13(21(28)29)7-26(18)17-5-14(17)22;1-5-15-11-18(12-17(15)13(2)3)14(4)16-9-7-6-8-10-16;1-5-11(18)9(17)2-6-12(5)21(10-3-8(10)16)4-7(13(6)22)14(23)24-15(19)20;20*1-2;/h4,7,9,12,14,16-17H,5-6,8,24H2,1-3H3,(H,28,29);6-10,13-15,17H,5,11-12H2,1-4H3;2,4,8,10H,3H2,1H3;;;;;;;;;;;;;;;;;;;;;1H/t12-,14+,16-,17-;14-,15-,17-;8-,10+;;;;;;;;;;;;;;;;;;;;;/m110...................../s1. The molecule has 9 atom stereocenters.